The summed E-state index contributed by atoms with van der Waals surface area (Å²) < 4.78 is 6.86. The molecule has 1 aromatic carbocycles. The first-order chi connectivity index (χ1) is 9.29. The number of hydrogen-bond donors (Lipinski definition) is 1. The van der Waals surface area contributed by atoms with Crippen molar-refractivity contribution in [1.82, 2.24) is 0 Å². The lowest BCUT2D eigenvalue weighted by Gasteiger charge is -2.12. The van der Waals surface area contributed by atoms with E-state index in [-0.39, 0.29) is 0 Å². The lowest BCUT2D eigenvalue weighted by atomic mass is 10.1. The van der Waals surface area contributed by atoms with Crippen molar-refractivity contribution in [3.8, 4) is 5.75 Å². The van der Waals surface area contributed by atoms with Gasteiger partial charge in [-0.2, -0.15) is 0 Å². The van der Waals surface area contributed by atoms with Crippen molar-refractivity contribution in [1.29, 1.82) is 0 Å². The molecule has 0 amide bonds. The van der Waals surface area contributed by atoms with Crippen molar-refractivity contribution in [2.75, 3.05) is 6.61 Å². The van der Waals surface area contributed by atoms with E-state index in [9.17, 15) is 0 Å². The van der Waals surface area contributed by atoms with Gasteiger partial charge in [0.05, 0.1) is 11.1 Å². The van der Waals surface area contributed by atoms with Gasteiger partial charge in [-0.1, -0.05) is 57.6 Å². The first-order valence-corrected chi connectivity index (χ1v) is 8.19. The molecule has 0 fully saturated rings. The maximum atomic E-state index is 5.86. The van der Waals surface area contributed by atoms with Crippen molar-refractivity contribution in [2.24, 2.45) is 5.73 Å². The van der Waals surface area contributed by atoms with Gasteiger partial charge >= 0.3 is 0 Å². The summed E-state index contributed by atoms with van der Waals surface area (Å²) in [6, 6.07) is 6.01. The fraction of sp³-hybridized carbons (Fsp3) is 0.625. The van der Waals surface area contributed by atoms with E-state index in [1.807, 2.05) is 18.2 Å². The summed E-state index contributed by atoms with van der Waals surface area (Å²) in [4.78, 5) is 0. The maximum absolute atomic E-state index is 5.86. The first kappa shape index (κ1) is 16.5. The number of rotatable bonds is 10. The topological polar surface area (TPSA) is 35.2 Å². The van der Waals surface area contributed by atoms with Crippen LogP contribution >= 0.6 is 15.9 Å². The quantitative estimate of drug-likeness (QED) is 0.611. The minimum atomic E-state index is 0.520. The minimum Gasteiger partial charge on any atom is -0.492 e. The smallest absolute Gasteiger partial charge is 0.137 e. The monoisotopic (exact) mass is 327 g/mol. The number of benzene rings is 1. The molecule has 0 aliphatic heterocycles. The highest BCUT2D eigenvalue weighted by molar-refractivity contribution is 9.10. The van der Waals surface area contributed by atoms with E-state index in [4.69, 9.17) is 10.5 Å². The van der Waals surface area contributed by atoms with E-state index >= 15 is 0 Å². The summed E-state index contributed by atoms with van der Waals surface area (Å²) in [5.41, 5.74) is 6.78. The Hall–Kier alpha value is -0.540. The molecule has 0 saturated heterocycles. The number of halogens is 1. The van der Waals surface area contributed by atoms with Crippen LogP contribution in [0.4, 0.5) is 0 Å². The van der Waals surface area contributed by atoms with Crippen molar-refractivity contribution < 1.29 is 4.74 Å². The number of hydrogen-bond acceptors (Lipinski definition) is 2. The zero-order valence-corrected chi connectivity index (χ0v) is 13.5. The standard InChI is InChI=1S/C16H26BrNO/c1-2-3-4-5-6-7-8-12-19-16-14(13-18)10-9-11-15(16)17/h9-11H,2-8,12-13,18H2,1H3. The Kier molecular flexibility index (Phi) is 8.93. The molecule has 0 bridgehead atoms. The molecular weight excluding hydrogens is 302 g/mol. The van der Waals surface area contributed by atoms with Crippen LogP contribution in [0.25, 0.3) is 0 Å². The molecule has 0 atom stereocenters. The molecule has 0 radical (unpaired) electrons. The third-order valence-corrected chi connectivity index (χ3v) is 3.89. The Morgan fingerprint density at radius 1 is 1.05 bits per heavy atom. The first-order valence-electron chi connectivity index (χ1n) is 7.39. The van der Waals surface area contributed by atoms with Crippen molar-refractivity contribution in [2.45, 2.75) is 58.4 Å². The highest BCUT2D eigenvalue weighted by atomic mass is 79.9. The highest BCUT2D eigenvalue weighted by Crippen LogP contribution is 2.29. The SMILES string of the molecule is CCCCCCCCCOc1c(Br)cccc1CN. The van der Waals surface area contributed by atoms with Crippen LogP contribution in [0.3, 0.4) is 0 Å². The van der Waals surface area contributed by atoms with E-state index in [2.05, 4.69) is 22.9 Å². The van der Waals surface area contributed by atoms with Crippen LogP contribution in [0.1, 0.15) is 57.4 Å². The average molecular weight is 328 g/mol. The molecule has 0 unspecified atom stereocenters. The Balaban J connectivity index is 2.19. The summed E-state index contributed by atoms with van der Waals surface area (Å²) in [7, 11) is 0. The molecular formula is C16H26BrNO. The molecule has 0 spiro atoms. The van der Waals surface area contributed by atoms with Gasteiger partial charge in [-0.25, -0.2) is 0 Å². The second-order valence-corrected chi connectivity index (χ2v) is 5.76. The van der Waals surface area contributed by atoms with Gasteiger partial charge in [0.1, 0.15) is 5.75 Å². The molecule has 0 saturated carbocycles. The van der Waals surface area contributed by atoms with Crippen LogP contribution in [0, 0.1) is 0 Å². The second-order valence-electron chi connectivity index (χ2n) is 4.90. The van der Waals surface area contributed by atoms with Gasteiger partial charge < -0.3 is 10.5 Å². The third-order valence-electron chi connectivity index (χ3n) is 3.26. The van der Waals surface area contributed by atoms with Crippen LogP contribution in [0.5, 0.6) is 5.75 Å². The Labute approximate surface area is 125 Å². The van der Waals surface area contributed by atoms with Crippen LogP contribution in [-0.2, 0) is 6.54 Å². The molecule has 3 heteroatoms. The van der Waals surface area contributed by atoms with Crippen molar-refractivity contribution >= 4 is 15.9 Å². The summed E-state index contributed by atoms with van der Waals surface area (Å²) in [6.45, 7) is 3.55. The Bertz CT molecular complexity index is 355. The number of nitrogens with two attached hydrogens (primary N) is 1. The lowest BCUT2D eigenvalue weighted by molar-refractivity contribution is 0.299. The van der Waals surface area contributed by atoms with Gasteiger partial charge in [0.15, 0.2) is 0 Å². The van der Waals surface area contributed by atoms with Crippen LogP contribution in [-0.4, -0.2) is 6.61 Å². The van der Waals surface area contributed by atoms with Gasteiger partial charge in [-0.15, -0.1) is 0 Å². The van der Waals surface area contributed by atoms with Gasteiger partial charge in [0, 0.05) is 12.1 Å². The molecule has 1 rings (SSSR count). The van der Waals surface area contributed by atoms with Crippen LogP contribution in [0.15, 0.2) is 22.7 Å². The van der Waals surface area contributed by atoms with E-state index in [0.29, 0.717) is 6.54 Å². The van der Waals surface area contributed by atoms with E-state index in [0.717, 1.165) is 28.8 Å². The van der Waals surface area contributed by atoms with Crippen LogP contribution in [0.2, 0.25) is 0 Å². The summed E-state index contributed by atoms with van der Waals surface area (Å²) in [5.74, 6) is 0.913. The predicted molar refractivity (Wildman–Crippen MR) is 85.5 cm³/mol. The summed E-state index contributed by atoms with van der Waals surface area (Å²) >= 11 is 3.52. The lowest BCUT2D eigenvalue weighted by Crippen LogP contribution is -2.04. The highest BCUT2D eigenvalue weighted by Gasteiger charge is 2.06. The summed E-state index contributed by atoms with van der Waals surface area (Å²) in [6.07, 6.45) is 9.11. The Morgan fingerprint density at radius 2 is 1.74 bits per heavy atom. The van der Waals surface area contributed by atoms with Crippen molar-refractivity contribution in [3.63, 3.8) is 0 Å². The zero-order valence-electron chi connectivity index (χ0n) is 12.0. The normalized spacial score (nSPS) is 10.7. The fourth-order valence-corrected chi connectivity index (χ4v) is 2.63. The molecule has 2 N–H and O–H groups in total. The van der Waals surface area contributed by atoms with Crippen LogP contribution < -0.4 is 10.5 Å². The molecule has 1 aromatic rings. The second kappa shape index (κ2) is 10.3. The number of unbranched alkanes of at least 4 members (excludes halogenated alkanes) is 6. The Morgan fingerprint density at radius 3 is 2.42 bits per heavy atom. The fourth-order valence-electron chi connectivity index (χ4n) is 2.11. The molecule has 0 aliphatic rings. The number of ether oxygens (including phenoxy) is 1. The molecule has 2 nitrogen and oxygen atoms in total. The largest absolute Gasteiger partial charge is 0.492 e. The van der Waals surface area contributed by atoms with E-state index in [1.165, 1.54) is 38.5 Å². The van der Waals surface area contributed by atoms with E-state index < -0.39 is 0 Å². The molecule has 0 aromatic heterocycles. The zero-order chi connectivity index (χ0) is 13.9. The van der Waals surface area contributed by atoms with E-state index in [1.54, 1.807) is 0 Å². The van der Waals surface area contributed by atoms with Gasteiger partial charge in [-0.3, -0.25) is 0 Å². The van der Waals surface area contributed by atoms with Gasteiger partial charge in [-0.05, 0) is 28.4 Å². The average Bonchev–Trinajstić information content (AvgIpc) is 2.43. The molecule has 0 heterocycles. The number of para-hydroxylation sites is 1. The molecule has 19 heavy (non-hydrogen) atoms. The molecule has 0 aliphatic carbocycles. The maximum Gasteiger partial charge on any atom is 0.137 e. The third kappa shape index (κ3) is 6.44. The minimum absolute atomic E-state index is 0.520. The van der Waals surface area contributed by atoms with Crippen molar-refractivity contribution in [3.05, 3.63) is 28.2 Å². The van der Waals surface area contributed by atoms with Gasteiger partial charge in [0.25, 0.3) is 0 Å². The summed E-state index contributed by atoms with van der Waals surface area (Å²) in [5, 5.41) is 0. The van der Waals surface area contributed by atoms with Gasteiger partial charge in [0.2, 0.25) is 0 Å². The predicted octanol–water partition coefficient (Wildman–Crippen LogP) is 5.04. The molecule has 108 valence electrons.